The van der Waals surface area contributed by atoms with Gasteiger partial charge in [0.2, 0.25) is 0 Å². The number of carboxylic acids is 1. The standard InChI is InChI=1S/C17H21NO2/c19-17(20)15-11-5-6-12(8-11)16(15)18-9-13-7-10-3-1-2-4-14(10)13/h1-4,11-13,15-16,18H,5-9H2,(H,19,20). The van der Waals surface area contributed by atoms with Crippen LogP contribution in [0.5, 0.6) is 0 Å². The first-order chi connectivity index (χ1) is 9.74. The number of aliphatic carboxylic acids is 1. The van der Waals surface area contributed by atoms with E-state index in [0.29, 0.717) is 17.8 Å². The Balaban J connectivity index is 1.42. The molecular weight excluding hydrogens is 250 g/mol. The number of fused-ring (bicyclic) bond motifs is 3. The summed E-state index contributed by atoms with van der Waals surface area (Å²) in [5.41, 5.74) is 2.91. The Bertz CT molecular complexity index is 542. The molecule has 0 aromatic heterocycles. The van der Waals surface area contributed by atoms with Gasteiger partial charge in [0, 0.05) is 18.5 Å². The molecule has 106 valence electrons. The Hall–Kier alpha value is -1.35. The molecule has 1 aromatic rings. The number of benzene rings is 1. The highest BCUT2D eigenvalue weighted by Gasteiger charge is 2.50. The summed E-state index contributed by atoms with van der Waals surface area (Å²) in [5, 5.41) is 13.1. The van der Waals surface area contributed by atoms with Gasteiger partial charge < -0.3 is 10.4 Å². The molecule has 3 nitrogen and oxygen atoms in total. The monoisotopic (exact) mass is 271 g/mol. The Morgan fingerprint density at radius 1 is 1.25 bits per heavy atom. The van der Waals surface area contributed by atoms with E-state index in [9.17, 15) is 9.90 Å². The third kappa shape index (κ3) is 1.80. The zero-order valence-electron chi connectivity index (χ0n) is 11.6. The number of hydrogen-bond acceptors (Lipinski definition) is 2. The lowest BCUT2D eigenvalue weighted by molar-refractivity contribution is -0.144. The van der Waals surface area contributed by atoms with Gasteiger partial charge in [-0.05, 0) is 48.6 Å². The second kappa shape index (κ2) is 4.59. The summed E-state index contributed by atoms with van der Waals surface area (Å²) in [6, 6.07) is 8.81. The predicted octanol–water partition coefficient (Wildman–Crippen LogP) is 2.42. The van der Waals surface area contributed by atoms with E-state index in [2.05, 4.69) is 29.6 Å². The van der Waals surface area contributed by atoms with E-state index in [-0.39, 0.29) is 12.0 Å². The average molecular weight is 271 g/mol. The second-order valence-corrected chi connectivity index (χ2v) is 6.73. The molecule has 20 heavy (non-hydrogen) atoms. The highest BCUT2D eigenvalue weighted by Crippen LogP contribution is 2.48. The lowest BCUT2D eigenvalue weighted by atomic mass is 9.77. The first kappa shape index (κ1) is 12.4. The van der Waals surface area contributed by atoms with Crippen LogP contribution in [0.3, 0.4) is 0 Å². The molecule has 2 bridgehead atoms. The van der Waals surface area contributed by atoms with Gasteiger partial charge in [-0.15, -0.1) is 0 Å². The Morgan fingerprint density at radius 3 is 2.85 bits per heavy atom. The SMILES string of the molecule is O=C(O)C1C2CCC(C2)C1NCC1Cc2ccccc21. The van der Waals surface area contributed by atoms with Crippen LogP contribution in [0.2, 0.25) is 0 Å². The van der Waals surface area contributed by atoms with Gasteiger partial charge in [-0.2, -0.15) is 0 Å². The number of carboxylic acid groups (broad SMARTS) is 1. The average Bonchev–Trinajstić information content (AvgIpc) is 3.00. The van der Waals surface area contributed by atoms with Gasteiger partial charge in [0.15, 0.2) is 0 Å². The van der Waals surface area contributed by atoms with Crippen molar-refractivity contribution in [2.24, 2.45) is 17.8 Å². The molecule has 5 unspecified atom stereocenters. The van der Waals surface area contributed by atoms with Crippen LogP contribution in [-0.4, -0.2) is 23.7 Å². The number of rotatable bonds is 4. The fraction of sp³-hybridized carbons (Fsp3) is 0.588. The molecule has 0 saturated heterocycles. The molecule has 3 aliphatic rings. The molecule has 2 saturated carbocycles. The zero-order valence-corrected chi connectivity index (χ0v) is 11.6. The molecule has 0 amide bonds. The number of nitrogens with one attached hydrogen (secondary N) is 1. The van der Waals surface area contributed by atoms with Gasteiger partial charge in [-0.3, -0.25) is 4.79 Å². The summed E-state index contributed by atoms with van der Waals surface area (Å²) in [7, 11) is 0. The maximum atomic E-state index is 11.5. The smallest absolute Gasteiger partial charge is 0.308 e. The van der Waals surface area contributed by atoms with Gasteiger partial charge >= 0.3 is 5.97 Å². The molecule has 0 heterocycles. The lowest BCUT2D eigenvalue weighted by Crippen LogP contribution is -2.46. The molecule has 2 fully saturated rings. The van der Waals surface area contributed by atoms with Crippen molar-refractivity contribution in [2.75, 3.05) is 6.54 Å². The summed E-state index contributed by atoms with van der Waals surface area (Å²) in [6.45, 7) is 0.939. The van der Waals surface area contributed by atoms with Crippen LogP contribution in [0.1, 0.15) is 36.3 Å². The van der Waals surface area contributed by atoms with E-state index < -0.39 is 5.97 Å². The molecule has 4 rings (SSSR count). The van der Waals surface area contributed by atoms with Crippen LogP contribution in [0, 0.1) is 17.8 Å². The topological polar surface area (TPSA) is 49.3 Å². The first-order valence-corrected chi connectivity index (χ1v) is 7.78. The van der Waals surface area contributed by atoms with E-state index in [1.807, 2.05) is 0 Å². The van der Waals surface area contributed by atoms with Crippen molar-refractivity contribution in [3.05, 3.63) is 35.4 Å². The molecule has 3 aliphatic carbocycles. The van der Waals surface area contributed by atoms with Crippen molar-refractivity contribution in [1.29, 1.82) is 0 Å². The van der Waals surface area contributed by atoms with Gasteiger partial charge in [-0.1, -0.05) is 24.3 Å². The van der Waals surface area contributed by atoms with Gasteiger partial charge in [0.05, 0.1) is 5.92 Å². The highest BCUT2D eigenvalue weighted by atomic mass is 16.4. The molecule has 0 radical (unpaired) electrons. The van der Waals surface area contributed by atoms with E-state index in [1.54, 1.807) is 0 Å². The third-order valence-corrected chi connectivity index (χ3v) is 5.76. The van der Waals surface area contributed by atoms with Crippen molar-refractivity contribution in [2.45, 2.75) is 37.6 Å². The molecule has 5 atom stereocenters. The van der Waals surface area contributed by atoms with Crippen molar-refractivity contribution in [3.63, 3.8) is 0 Å². The molecule has 2 N–H and O–H groups in total. The van der Waals surface area contributed by atoms with E-state index in [1.165, 1.54) is 17.5 Å². The normalized spacial score (nSPS) is 37.5. The second-order valence-electron chi connectivity index (χ2n) is 6.73. The number of hydrogen-bond donors (Lipinski definition) is 2. The minimum absolute atomic E-state index is 0.149. The van der Waals surface area contributed by atoms with Crippen molar-refractivity contribution in [1.82, 2.24) is 5.32 Å². The van der Waals surface area contributed by atoms with Crippen LogP contribution < -0.4 is 5.32 Å². The first-order valence-electron chi connectivity index (χ1n) is 7.78. The maximum Gasteiger partial charge on any atom is 0.308 e. The van der Waals surface area contributed by atoms with Crippen LogP contribution in [-0.2, 0) is 11.2 Å². The van der Waals surface area contributed by atoms with Crippen LogP contribution >= 0.6 is 0 Å². The molecule has 1 aromatic carbocycles. The fourth-order valence-electron chi connectivity index (χ4n) is 4.76. The predicted molar refractivity (Wildman–Crippen MR) is 76.6 cm³/mol. The summed E-state index contributed by atoms with van der Waals surface area (Å²) in [6.07, 6.45) is 4.59. The largest absolute Gasteiger partial charge is 0.481 e. The molecule has 0 spiro atoms. The summed E-state index contributed by atoms with van der Waals surface area (Å²) < 4.78 is 0. The van der Waals surface area contributed by atoms with Gasteiger partial charge in [0.1, 0.15) is 0 Å². The minimum Gasteiger partial charge on any atom is -0.481 e. The van der Waals surface area contributed by atoms with E-state index >= 15 is 0 Å². The van der Waals surface area contributed by atoms with Crippen LogP contribution in [0.25, 0.3) is 0 Å². The summed E-state index contributed by atoms with van der Waals surface area (Å²) in [5.74, 6) is 0.854. The van der Waals surface area contributed by atoms with Crippen molar-refractivity contribution < 1.29 is 9.90 Å². The van der Waals surface area contributed by atoms with Gasteiger partial charge in [0.25, 0.3) is 0 Å². The quantitative estimate of drug-likeness (QED) is 0.884. The maximum absolute atomic E-state index is 11.5. The summed E-state index contributed by atoms with van der Waals surface area (Å²) >= 11 is 0. The van der Waals surface area contributed by atoms with Crippen molar-refractivity contribution in [3.8, 4) is 0 Å². The van der Waals surface area contributed by atoms with Crippen molar-refractivity contribution >= 4 is 5.97 Å². The Morgan fingerprint density at radius 2 is 2.05 bits per heavy atom. The molecular formula is C17H21NO2. The van der Waals surface area contributed by atoms with Crippen LogP contribution in [0.15, 0.2) is 24.3 Å². The Kier molecular flexibility index (Phi) is 2.84. The number of carbonyl (C=O) groups is 1. The summed E-state index contributed by atoms with van der Waals surface area (Å²) in [4.78, 5) is 11.5. The Labute approximate surface area is 119 Å². The zero-order chi connectivity index (χ0) is 13.7. The fourth-order valence-corrected chi connectivity index (χ4v) is 4.76. The lowest BCUT2D eigenvalue weighted by Gasteiger charge is -2.34. The third-order valence-electron chi connectivity index (χ3n) is 5.76. The molecule has 0 aliphatic heterocycles. The molecule has 3 heteroatoms. The van der Waals surface area contributed by atoms with E-state index in [4.69, 9.17) is 0 Å². The minimum atomic E-state index is -0.594. The van der Waals surface area contributed by atoms with E-state index in [0.717, 1.165) is 25.8 Å². The van der Waals surface area contributed by atoms with Gasteiger partial charge in [-0.25, -0.2) is 0 Å². The highest BCUT2D eigenvalue weighted by molar-refractivity contribution is 5.72. The van der Waals surface area contributed by atoms with Crippen LogP contribution in [0.4, 0.5) is 0 Å².